The van der Waals surface area contributed by atoms with Crippen molar-refractivity contribution in [3.05, 3.63) is 54.3 Å². The fourth-order valence-electron chi connectivity index (χ4n) is 1.82. The molecule has 0 aromatic heterocycles. The van der Waals surface area contributed by atoms with Gasteiger partial charge in [-0.3, -0.25) is 9.59 Å². The number of halogens is 1. The van der Waals surface area contributed by atoms with E-state index in [9.17, 15) is 14.0 Å². The molecule has 2 aromatic carbocycles. The lowest BCUT2D eigenvalue weighted by molar-refractivity contribution is -0.133. The van der Waals surface area contributed by atoms with Gasteiger partial charge in [-0.05, 0) is 50.2 Å². The zero-order valence-corrected chi connectivity index (χ0v) is 12.8. The van der Waals surface area contributed by atoms with Crippen LogP contribution in [-0.4, -0.2) is 17.9 Å². The van der Waals surface area contributed by atoms with Gasteiger partial charge in [-0.25, -0.2) is 4.39 Å². The SMILES string of the molecule is CC(C)Oc1ccc(NC(=O)C(=O)Nc2ccccc2F)cc1. The molecule has 0 heterocycles. The minimum Gasteiger partial charge on any atom is -0.491 e. The second-order valence-corrected chi connectivity index (χ2v) is 5.08. The van der Waals surface area contributed by atoms with Crippen LogP contribution in [0.2, 0.25) is 0 Å². The van der Waals surface area contributed by atoms with Crippen LogP contribution in [0, 0.1) is 5.82 Å². The van der Waals surface area contributed by atoms with Crippen LogP contribution in [-0.2, 0) is 9.59 Å². The van der Waals surface area contributed by atoms with Crippen LogP contribution in [0.3, 0.4) is 0 Å². The number of hydrogen-bond donors (Lipinski definition) is 2. The number of hydrogen-bond acceptors (Lipinski definition) is 3. The number of benzene rings is 2. The molecule has 0 unspecified atom stereocenters. The number of rotatable bonds is 4. The summed E-state index contributed by atoms with van der Waals surface area (Å²) >= 11 is 0. The zero-order chi connectivity index (χ0) is 16.8. The first kappa shape index (κ1) is 16.5. The Bertz CT molecular complexity index is 699. The van der Waals surface area contributed by atoms with E-state index in [1.807, 2.05) is 13.8 Å². The lowest BCUT2D eigenvalue weighted by Crippen LogP contribution is -2.29. The molecule has 120 valence electrons. The van der Waals surface area contributed by atoms with E-state index in [1.165, 1.54) is 18.2 Å². The Labute approximate surface area is 133 Å². The first-order valence-corrected chi connectivity index (χ1v) is 7.09. The fraction of sp³-hybridized carbons (Fsp3) is 0.176. The van der Waals surface area contributed by atoms with E-state index in [-0.39, 0.29) is 11.8 Å². The molecular formula is C17H17FN2O3. The van der Waals surface area contributed by atoms with Gasteiger partial charge in [0.25, 0.3) is 0 Å². The second kappa shape index (κ2) is 7.40. The Kier molecular flexibility index (Phi) is 5.30. The van der Waals surface area contributed by atoms with Crippen LogP contribution >= 0.6 is 0 Å². The van der Waals surface area contributed by atoms with E-state index in [4.69, 9.17) is 4.74 Å². The highest BCUT2D eigenvalue weighted by Crippen LogP contribution is 2.17. The van der Waals surface area contributed by atoms with Gasteiger partial charge in [-0.15, -0.1) is 0 Å². The molecule has 0 aliphatic heterocycles. The van der Waals surface area contributed by atoms with Crippen molar-refractivity contribution in [2.45, 2.75) is 20.0 Å². The molecule has 2 aromatic rings. The molecule has 6 heteroatoms. The molecule has 0 aliphatic carbocycles. The first-order chi connectivity index (χ1) is 11.0. The van der Waals surface area contributed by atoms with E-state index < -0.39 is 17.6 Å². The van der Waals surface area contributed by atoms with Crippen molar-refractivity contribution in [3.63, 3.8) is 0 Å². The number of carbonyl (C=O) groups excluding carboxylic acids is 2. The van der Waals surface area contributed by atoms with Crippen molar-refractivity contribution in [2.24, 2.45) is 0 Å². The van der Waals surface area contributed by atoms with Crippen molar-refractivity contribution >= 4 is 23.2 Å². The molecule has 0 bridgehead atoms. The highest BCUT2D eigenvalue weighted by atomic mass is 19.1. The largest absolute Gasteiger partial charge is 0.491 e. The Morgan fingerprint density at radius 1 is 0.957 bits per heavy atom. The third-order valence-corrected chi connectivity index (χ3v) is 2.81. The lowest BCUT2D eigenvalue weighted by Gasteiger charge is -2.10. The number of ether oxygens (including phenoxy) is 1. The van der Waals surface area contributed by atoms with Crippen LogP contribution in [0.5, 0.6) is 5.75 Å². The van der Waals surface area contributed by atoms with Gasteiger partial charge in [-0.2, -0.15) is 0 Å². The number of para-hydroxylation sites is 1. The standard InChI is InChI=1S/C17H17FN2O3/c1-11(2)23-13-9-7-12(8-10-13)19-16(21)17(22)20-15-6-4-3-5-14(15)18/h3-11H,1-2H3,(H,19,21)(H,20,22). The van der Waals surface area contributed by atoms with E-state index in [1.54, 1.807) is 30.3 Å². The summed E-state index contributed by atoms with van der Waals surface area (Å²) in [5.74, 6) is -1.78. The van der Waals surface area contributed by atoms with E-state index in [0.29, 0.717) is 11.4 Å². The first-order valence-electron chi connectivity index (χ1n) is 7.09. The van der Waals surface area contributed by atoms with Gasteiger partial charge < -0.3 is 15.4 Å². The number of nitrogens with one attached hydrogen (secondary N) is 2. The third-order valence-electron chi connectivity index (χ3n) is 2.81. The van der Waals surface area contributed by atoms with Crippen LogP contribution in [0.1, 0.15) is 13.8 Å². The third kappa shape index (κ3) is 4.81. The summed E-state index contributed by atoms with van der Waals surface area (Å²) in [5, 5.41) is 4.65. The monoisotopic (exact) mass is 316 g/mol. The molecule has 0 saturated carbocycles. The van der Waals surface area contributed by atoms with Gasteiger partial charge in [0.05, 0.1) is 11.8 Å². The topological polar surface area (TPSA) is 67.4 Å². The predicted molar refractivity (Wildman–Crippen MR) is 85.9 cm³/mol. The Morgan fingerprint density at radius 3 is 2.17 bits per heavy atom. The summed E-state index contributed by atoms with van der Waals surface area (Å²) in [6.45, 7) is 3.81. The molecular weight excluding hydrogens is 299 g/mol. The maximum atomic E-state index is 13.4. The summed E-state index contributed by atoms with van der Waals surface area (Å²) in [4.78, 5) is 23.6. The van der Waals surface area contributed by atoms with Crippen LogP contribution in [0.25, 0.3) is 0 Å². The summed E-state index contributed by atoms with van der Waals surface area (Å²) in [6.07, 6.45) is 0.0435. The summed E-state index contributed by atoms with van der Waals surface area (Å²) < 4.78 is 18.9. The van der Waals surface area contributed by atoms with Crippen LogP contribution < -0.4 is 15.4 Å². The van der Waals surface area contributed by atoms with Gasteiger partial charge in [0, 0.05) is 5.69 Å². The maximum absolute atomic E-state index is 13.4. The normalized spacial score (nSPS) is 10.3. The molecule has 0 spiro atoms. The Hall–Kier alpha value is -2.89. The molecule has 2 N–H and O–H groups in total. The van der Waals surface area contributed by atoms with E-state index in [2.05, 4.69) is 10.6 Å². The van der Waals surface area contributed by atoms with E-state index >= 15 is 0 Å². The Morgan fingerprint density at radius 2 is 1.57 bits per heavy atom. The van der Waals surface area contributed by atoms with Crippen LogP contribution in [0.4, 0.5) is 15.8 Å². The smallest absolute Gasteiger partial charge is 0.314 e. The van der Waals surface area contributed by atoms with Crippen molar-refractivity contribution < 1.29 is 18.7 Å². The summed E-state index contributed by atoms with van der Waals surface area (Å²) in [6, 6.07) is 12.2. The minimum absolute atomic E-state index is 0.0435. The fourth-order valence-corrected chi connectivity index (χ4v) is 1.82. The molecule has 0 atom stereocenters. The van der Waals surface area contributed by atoms with Crippen molar-refractivity contribution in [3.8, 4) is 5.75 Å². The molecule has 0 saturated heterocycles. The average Bonchev–Trinajstić information content (AvgIpc) is 2.51. The lowest BCUT2D eigenvalue weighted by atomic mass is 10.3. The molecule has 0 aliphatic rings. The molecule has 5 nitrogen and oxygen atoms in total. The minimum atomic E-state index is -0.947. The van der Waals surface area contributed by atoms with E-state index in [0.717, 1.165) is 0 Å². The van der Waals surface area contributed by atoms with Gasteiger partial charge >= 0.3 is 11.8 Å². The highest BCUT2D eigenvalue weighted by Gasteiger charge is 2.15. The molecule has 0 fully saturated rings. The van der Waals surface area contributed by atoms with Crippen molar-refractivity contribution in [1.82, 2.24) is 0 Å². The molecule has 0 radical (unpaired) electrons. The van der Waals surface area contributed by atoms with Gasteiger partial charge in [0.15, 0.2) is 0 Å². The van der Waals surface area contributed by atoms with Gasteiger partial charge in [0.2, 0.25) is 0 Å². The van der Waals surface area contributed by atoms with Gasteiger partial charge in [-0.1, -0.05) is 12.1 Å². The molecule has 2 rings (SSSR count). The summed E-state index contributed by atoms with van der Waals surface area (Å²) in [5.41, 5.74) is 0.392. The van der Waals surface area contributed by atoms with Crippen molar-refractivity contribution in [2.75, 3.05) is 10.6 Å². The van der Waals surface area contributed by atoms with Gasteiger partial charge in [0.1, 0.15) is 11.6 Å². The number of anilines is 2. The zero-order valence-electron chi connectivity index (χ0n) is 12.8. The predicted octanol–water partition coefficient (Wildman–Crippen LogP) is 3.19. The van der Waals surface area contributed by atoms with Crippen LogP contribution in [0.15, 0.2) is 48.5 Å². The maximum Gasteiger partial charge on any atom is 0.314 e. The summed E-state index contributed by atoms with van der Waals surface area (Å²) in [7, 11) is 0. The molecule has 2 amide bonds. The Balaban J connectivity index is 1.96. The number of carbonyl (C=O) groups is 2. The quantitative estimate of drug-likeness (QED) is 0.851. The second-order valence-electron chi connectivity index (χ2n) is 5.08. The molecule has 23 heavy (non-hydrogen) atoms. The average molecular weight is 316 g/mol. The highest BCUT2D eigenvalue weighted by molar-refractivity contribution is 6.43. The van der Waals surface area contributed by atoms with Crippen molar-refractivity contribution in [1.29, 1.82) is 0 Å². The number of amides is 2.